The summed E-state index contributed by atoms with van der Waals surface area (Å²) in [5.74, 6) is 1.63. The fourth-order valence-corrected chi connectivity index (χ4v) is 4.64. The maximum absolute atomic E-state index is 6.50. The van der Waals surface area contributed by atoms with Gasteiger partial charge in [-0.05, 0) is 55.2 Å². The minimum absolute atomic E-state index is 0.00479. The van der Waals surface area contributed by atoms with E-state index >= 15 is 0 Å². The highest BCUT2D eigenvalue weighted by atomic mass is 16.5. The number of rotatable bonds is 4. The van der Waals surface area contributed by atoms with Crippen molar-refractivity contribution in [2.75, 3.05) is 11.9 Å². The summed E-state index contributed by atoms with van der Waals surface area (Å²) in [4.78, 5) is 2.24. The maximum Gasteiger partial charge on any atom is 0.248 e. The Balaban J connectivity index is 1.53. The van der Waals surface area contributed by atoms with E-state index in [4.69, 9.17) is 4.74 Å². The van der Waals surface area contributed by atoms with Crippen LogP contribution in [0.5, 0.6) is 11.5 Å². The Bertz CT molecular complexity index is 1460. The van der Waals surface area contributed by atoms with Crippen molar-refractivity contribution in [2.45, 2.75) is 45.6 Å². The van der Waals surface area contributed by atoms with Gasteiger partial charge in [0.05, 0.1) is 14.1 Å². The molecule has 0 saturated heterocycles. The predicted molar refractivity (Wildman–Crippen MR) is 146 cm³/mol. The van der Waals surface area contributed by atoms with Crippen LogP contribution in [0.4, 0.5) is 11.4 Å². The fraction of sp³-hybridized carbons (Fsp3) is 0.290. The minimum Gasteiger partial charge on any atom is -0.457 e. The van der Waals surface area contributed by atoms with E-state index in [9.17, 15) is 0 Å². The Morgan fingerprint density at radius 3 is 2.31 bits per heavy atom. The molecule has 1 aliphatic rings. The highest BCUT2D eigenvalue weighted by Gasteiger charge is 2.37. The first-order chi connectivity index (χ1) is 17.0. The minimum atomic E-state index is -0.0832. The van der Waals surface area contributed by atoms with E-state index in [1.54, 1.807) is 0 Å². The largest absolute Gasteiger partial charge is 0.457 e. The van der Waals surface area contributed by atoms with Gasteiger partial charge in [-0.15, -0.1) is 0 Å². The zero-order valence-electron chi connectivity index (χ0n) is 22.4. The van der Waals surface area contributed by atoms with Crippen molar-refractivity contribution in [1.29, 1.82) is 0 Å². The van der Waals surface area contributed by atoms with Gasteiger partial charge in [0.15, 0.2) is 0 Å². The molecule has 0 amide bonds. The molecule has 1 aromatic heterocycles. The molecule has 4 aromatic rings. The summed E-state index contributed by atoms with van der Waals surface area (Å²) in [5.41, 5.74) is 5.77. The number of anilines is 2. The molecule has 36 heavy (non-hydrogen) atoms. The van der Waals surface area contributed by atoms with E-state index in [0.717, 1.165) is 22.9 Å². The summed E-state index contributed by atoms with van der Waals surface area (Å²) in [6, 6.07) is 23.4. The summed E-state index contributed by atoms with van der Waals surface area (Å²) in [5, 5.41) is 0. The van der Waals surface area contributed by atoms with E-state index < -0.39 is 0 Å². The number of fused-ring (bicyclic) bond motifs is 1. The SMILES string of the molecule is C[N+]1=CN(c2cccc(Oc3cc(-n4cc[n+](C)c4)cc(C(C)(C)C)c3)c2)c2ccccc2C1(C)C. The van der Waals surface area contributed by atoms with Crippen molar-refractivity contribution < 1.29 is 13.9 Å². The molecule has 2 heterocycles. The van der Waals surface area contributed by atoms with Gasteiger partial charge in [0.2, 0.25) is 12.7 Å². The Kier molecular flexibility index (Phi) is 5.74. The number of para-hydroxylation sites is 1. The molecule has 1 aliphatic heterocycles. The molecule has 0 bridgehead atoms. The summed E-state index contributed by atoms with van der Waals surface area (Å²) in [7, 11) is 4.16. The van der Waals surface area contributed by atoms with Crippen molar-refractivity contribution in [1.82, 2.24) is 4.57 Å². The third-order valence-corrected chi connectivity index (χ3v) is 7.15. The van der Waals surface area contributed by atoms with Gasteiger partial charge in [0, 0.05) is 17.7 Å². The van der Waals surface area contributed by atoms with Crippen molar-refractivity contribution in [3.8, 4) is 17.2 Å². The average molecular weight is 481 g/mol. The standard InChI is InChI=1S/C31H36N4O/c1-30(2,3)23-17-25(34-16-15-32(6)21-34)20-27(18-23)36-26-12-10-11-24(19-26)35-22-33(7)31(4,5)28-13-8-9-14-29(28)35/h8-22H,1-7H3/q+2. The van der Waals surface area contributed by atoms with Crippen LogP contribution in [0, 0.1) is 0 Å². The van der Waals surface area contributed by atoms with Gasteiger partial charge in [-0.1, -0.05) is 45.0 Å². The van der Waals surface area contributed by atoms with Gasteiger partial charge in [-0.3, -0.25) is 4.58 Å². The lowest BCUT2D eigenvalue weighted by Gasteiger charge is -2.33. The number of aromatic nitrogens is 2. The van der Waals surface area contributed by atoms with Gasteiger partial charge >= 0.3 is 0 Å². The van der Waals surface area contributed by atoms with E-state index in [1.165, 1.54) is 16.8 Å². The third-order valence-electron chi connectivity index (χ3n) is 7.15. The molecule has 0 spiro atoms. The highest BCUT2D eigenvalue weighted by molar-refractivity contribution is 5.90. The van der Waals surface area contributed by atoms with Crippen molar-refractivity contribution in [3.05, 3.63) is 96.6 Å². The maximum atomic E-state index is 6.50. The lowest BCUT2D eigenvalue weighted by Crippen LogP contribution is -2.41. The molecular formula is C31H36N4O+2. The van der Waals surface area contributed by atoms with Crippen LogP contribution in [0.2, 0.25) is 0 Å². The first-order valence-corrected chi connectivity index (χ1v) is 12.5. The molecule has 0 unspecified atom stereocenters. The second kappa shape index (κ2) is 8.66. The second-order valence-electron chi connectivity index (χ2n) is 11.2. The van der Waals surface area contributed by atoms with Crippen molar-refractivity contribution in [2.24, 2.45) is 7.05 Å². The monoisotopic (exact) mass is 480 g/mol. The molecule has 0 fully saturated rings. The van der Waals surface area contributed by atoms with Gasteiger partial charge in [-0.25, -0.2) is 9.13 Å². The molecule has 0 N–H and O–H groups in total. The summed E-state index contributed by atoms with van der Waals surface area (Å²) >= 11 is 0. The smallest absolute Gasteiger partial charge is 0.248 e. The second-order valence-corrected chi connectivity index (χ2v) is 11.2. The Labute approximate surface area is 214 Å². The third kappa shape index (κ3) is 4.41. The van der Waals surface area contributed by atoms with Crippen LogP contribution in [0.1, 0.15) is 45.7 Å². The van der Waals surface area contributed by atoms with E-state index in [-0.39, 0.29) is 11.0 Å². The molecule has 0 atom stereocenters. The Morgan fingerprint density at radius 1 is 0.833 bits per heavy atom. The molecule has 5 nitrogen and oxygen atoms in total. The molecule has 0 saturated carbocycles. The summed E-state index contributed by atoms with van der Waals surface area (Å²) < 4.78 is 12.9. The zero-order valence-corrected chi connectivity index (χ0v) is 22.4. The predicted octanol–water partition coefficient (Wildman–Crippen LogP) is 6.45. The molecule has 0 aliphatic carbocycles. The normalized spacial score (nSPS) is 14.9. The molecule has 0 radical (unpaired) electrons. The number of nitrogens with zero attached hydrogens (tertiary/aromatic N) is 4. The van der Waals surface area contributed by atoms with E-state index in [1.807, 2.05) is 23.9 Å². The molecule has 3 aromatic carbocycles. The lowest BCUT2D eigenvalue weighted by molar-refractivity contribution is -0.670. The van der Waals surface area contributed by atoms with Gasteiger partial charge in [0.25, 0.3) is 0 Å². The highest BCUT2D eigenvalue weighted by Crippen LogP contribution is 2.40. The van der Waals surface area contributed by atoms with Crippen LogP contribution in [0.15, 0.2) is 85.5 Å². The van der Waals surface area contributed by atoms with Crippen LogP contribution in [-0.4, -0.2) is 22.5 Å². The Hall–Kier alpha value is -3.86. The summed E-state index contributed by atoms with van der Waals surface area (Å²) in [6.07, 6.45) is 8.34. The zero-order chi connectivity index (χ0) is 25.7. The topological polar surface area (TPSA) is 24.3 Å². The molecular weight excluding hydrogens is 444 g/mol. The van der Waals surface area contributed by atoms with Crippen molar-refractivity contribution in [3.63, 3.8) is 0 Å². The van der Waals surface area contributed by atoms with Crippen LogP contribution < -0.4 is 14.2 Å². The van der Waals surface area contributed by atoms with Crippen LogP contribution >= 0.6 is 0 Å². The number of aryl methyl sites for hydroxylation is 1. The van der Waals surface area contributed by atoms with Gasteiger partial charge in [-0.2, -0.15) is 4.90 Å². The number of imidazole rings is 1. The quantitative estimate of drug-likeness (QED) is 0.314. The number of hydrogen-bond donors (Lipinski definition) is 0. The lowest BCUT2D eigenvalue weighted by atomic mass is 9.86. The van der Waals surface area contributed by atoms with E-state index in [0.29, 0.717) is 0 Å². The Morgan fingerprint density at radius 2 is 1.58 bits per heavy atom. The fourth-order valence-electron chi connectivity index (χ4n) is 4.64. The first kappa shape index (κ1) is 23.9. The van der Waals surface area contributed by atoms with Crippen LogP contribution in [-0.2, 0) is 18.0 Å². The molecule has 5 rings (SSSR count). The molecule has 184 valence electrons. The number of benzene rings is 3. The van der Waals surface area contributed by atoms with Gasteiger partial charge in [0.1, 0.15) is 46.5 Å². The number of hydrogen-bond acceptors (Lipinski definition) is 2. The first-order valence-electron chi connectivity index (χ1n) is 12.5. The van der Waals surface area contributed by atoms with Crippen molar-refractivity contribution >= 4 is 17.7 Å². The van der Waals surface area contributed by atoms with E-state index in [2.05, 4.69) is 135 Å². The summed E-state index contributed by atoms with van der Waals surface area (Å²) in [6.45, 7) is 11.2. The van der Waals surface area contributed by atoms with Crippen LogP contribution in [0.25, 0.3) is 5.69 Å². The average Bonchev–Trinajstić information content (AvgIpc) is 3.27. The molecule has 5 heteroatoms. The van der Waals surface area contributed by atoms with Gasteiger partial charge < -0.3 is 4.74 Å². The number of ether oxygens (including phenoxy) is 1. The van der Waals surface area contributed by atoms with Crippen LogP contribution in [0.3, 0.4) is 0 Å².